The summed E-state index contributed by atoms with van der Waals surface area (Å²) in [6, 6.07) is 16.1. The standard InChI is InChI=1S/C16H16NO4PS/c18-16(21-11-22(19)20)9-10-17-12-5-1-3-7-14(12)23-15-8-4-2-6-13(15)17/h1-8,19-20H,9-11H2. The number of nitrogens with zero attached hydrogens (tertiary/aromatic N) is 1. The maximum atomic E-state index is 11.7. The summed E-state index contributed by atoms with van der Waals surface area (Å²) in [6.45, 7) is 0.474. The number of hydrogen-bond acceptors (Lipinski definition) is 6. The highest BCUT2D eigenvalue weighted by atomic mass is 32.2. The van der Waals surface area contributed by atoms with Crippen molar-refractivity contribution in [3.63, 3.8) is 0 Å². The summed E-state index contributed by atoms with van der Waals surface area (Å²) in [5, 5.41) is 0. The maximum Gasteiger partial charge on any atom is 0.308 e. The Hall–Kier alpha value is -1.59. The van der Waals surface area contributed by atoms with Gasteiger partial charge in [0.15, 0.2) is 6.35 Å². The summed E-state index contributed by atoms with van der Waals surface area (Å²) in [7, 11) is -2.20. The molecule has 0 saturated carbocycles. The van der Waals surface area contributed by atoms with Crippen LogP contribution in [-0.4, -0.2) is 28.6 Å². The number of carbonyl (C=O) groups is 1. The number of rotatable bonds is 5. The summed E-state index contributed by atoms with van der Waals surface area (Å²) in [5.74, 6) is -0.436. The van der Waals surface area contributed by atoms with E-state index in [1.165, 1.54) is 0 Å². The molecule has 0 radical (unpaired) electrons. The van der Waals surface area contributed by atoms with E-state index in [1.54, 1.807) is 11.8 Å². The Morgan fingerprint density at radius 2 is 1.61 bits per heavy atom. The van der Waals surface area contributed by atoms with Gasteiger partial charge >= 0.3 is 5.97 Å². The van der Waals surface area contributed by atoms with Crippen LogP contribution in [0, 0.1) is 0 Å². The zero-order valence-electron chi connectivity index (χ0n) is 12.3. The predicted octanol–water partition coefficient (Wildman–Crippen LogP) is 3.48. The molecule has 0 aliphatic carbocycles. The molecule has 0 amide bonds. The van der Waals surface area contributed by atoms with E-state index in [1.807, 2.05) is 36.4 Å². The molecule has 1 aliphatic heterocycles. The molecule has 23 heavy (non-hydrogen) atoms. The molecule has 2 aromatic rings. The molecule has 0 spiro atoms. The van der Waals surface area contributed by atoms with Crippen LogP contribution >= 0.6 is 20.1 Å². The third-order valence-electron chi connectivity index (χ3n) is 3.41. The van der Waals surface area contributed by atoms with Gasteiger partial charge in [-0.3, -0.25) is 4.79 Å². The van der Waals surface area contributed by atoms with Crippen LogP contribution in [0.5, 0.6) is 0 Å². The SMILES string of the molecule is O=C(CCN1c2ccccc2Sc2ccccc21)OCP(O)O. The third-order valence-corrected chi connectivity index (χ3v) is 4.90. The van der Waals surface area contributed by atoms with E-state index in [0.29, 0.717) is 6.54 Å². The van der Waals surface area contributed by atoms with E-state index >= 15 is 0 Å². The Bertz CT molecular complexity index is 664. The van der Waals surface area contributed by atoms with Crippen LogP contribution < -0.4 is 4.90 Å². The zero-order valence-corrected chi connectivity index (χ0v) is 14.0. The molecule has 7 heteroatoms. The molecule has 3 rings (SSSR count). The third kappa shape index (κ3) is 3.85. The fourth-order valence-electron chi connectivity index (χ4n) is 2.43. The van der Waals surface area contributed by atoms with Gasteiger partial charge in [-0.25, -0.2) is 0 Å². The second-order valence-corrected chi connectivity index (χ2v) is 7.04. The van der Waals surface area contributed by atoms with Crippen LogP contribution in [0.1, 0.15) is 6.42 Å². The lowest BCUT2D eigenvalue weighted by Crippen LogP contribution is -2.24. The van der Waals surface area contributed by atoms with Crippen molar-refractivity contribution >= 4 is 37.5 Å². The first-order chi connectivity index (χ1) is 11.1. The molecule has 5 nitrogen and oxygen atoms in total. The number of anilines is 2. The molecule has 2 N–H and O–H groups in total. The van der Waals surface area contributed by atoms with Crippen molar-refractivity contribution in [2.75, 3.05) is 17.8 Å². The summed E-state index contributed by atoms with van der Waals surface area (Å²) < 4.78 is 4.83. The van der Waals surface area contributed by atoms with Gasteiger partial charge in [0.1, 0.15) is 0 Å². The molecular formula is C16H16NO4PS. The molecular weight excluding hydrogens is 333 g/mol. The fraction of sp³-hybridized carbons (Fsp3) is 0.188. The van der Waals surface area contributed by atoms with Gasteiger partial charge in [-0.15, -0.1) is 0 Å². The van der Waals surface area contributed by atoms with Gasteiger partial charge in [0.25, 0.3) is 0 Å². The number of benzene rings is 2. The average Bonchev–Trinajstić information content (AvgIpc) is 2.56. The number of para-hydroxylation sites is 2. The van der Waals surface area contributed by atoms with Gasteiger partial charge in [0.2, 0.25) is 8.38 Å². The largest absolute Gasteiger partial charge is 0.456 e. The Kier molecular flexibility index (Phi) is 5.18. The number of carbonyl (C=O) groups excluding carboxylic acids is 1. The number of esters is 1. The minimum Gasteiger partial charge on any atom is -0.456 e. The van der Waals surface area contributed by atoms with Crippen molar-refractivity contribution < 1.29 is 19.3 Å². The van der Waals surface area contributed by atoms with E-state index in [0.717, 1.165) is 21.2 Å². The first-order valence-corrected chi connectivity index (χ1v) is 9.34. The maximum absolute atomic E-state index is 11.7. The summed E-state index contributed by atoms with van der Waals surface area (Å²) in [5.41, 5.74) is 2.13. The number of hydrogen-bond donors (Lipinski definition) is 2. The van der Waals surface area contributed by atoms with Crippen molar-refractivity contribution in [3.8, 4) is 0 Å². The lowest BCUT2D eigenvalue weighted by molar-refractivity contribution is -0.141. The highest BCUT2D eigenvalue weighted by Gasteiger charge is 2.23. The Morgan fingerprint density at radius 1 is 1.04 bits per heavy atom. The molecule has 1 heterocycles. The second kappa shape index (κ2) is 7.32. The smallest absolute Gasteiger partial charge is 0.308 e. The highest BCUT2D eigenvalue weighted by Crippen LogP contribution is 2.47. The molecule has 0 fully saturated rings. The van der Waals surface area contributed by atoms with Crippen molar-refractivity contribution in [2.45, 2.75) is 16.2 Å². The molecule has 1 aliphatic rings. The minimum absolute atomic E-state index is 0.177. The van der Waals surface area contributed by atoms with Crippen molar-refractivity contribution in [1.29, 1.82) is 0 Å². The molecule has 0 aromatic heterocycles. The van der Waals surface area contributed by atoms with Gasteiger partial charge in [0.05, 0.1) is 17.8 Å². The minimum atomic E-state index is -2.20. The number of ether oxygens (including phenoxy) is 1. The van der Waals surface area contributed by atoms with E-state index in [-0.39, 0.29) is 12.8 Å². The Balaban J connectivity index is 1.77. The monoisotopic (exact) mass is 349 g/mol. The van der Waals surface area contributed by atoms with Crippen LogP contribution in [0.25, 0.3) is 0 Å². The summed E-state index contributed by atoms with van der Waals surface area (Å²) >= 11 is 1.71. The fourth-order valence-corrected chi connectivity index (χ4v) is 3.78. The van der Waals surface area contributed by atoms with Crippen LogP contribution in [0.15, 0.2) is 58.3 Å². The van der Waals surface area contributed by atoms with Gasteiger partial charge in [0, 0.05) is 16.3 Å². The van der Waals surface area contributed by atoms with Crippen LogP contribution in [0.3, 0.4) is 0 Å². The van der Waals surface area contributed by atoms with Gasteiger partial charge in [-0.05, 0) is 24.3 Å². The van der Waals surface area contributed by atoms with Crippen molar-refractivity contribution in [1.82, 2.24) is 0 Å². The van der Waals surface area contributed by atoms with Crippen LogP contribution in [0.4, 0.5) is 11.4 Å². The van der Waals surface area contributed by atoms with Gasteiger partial charge in [-0.2, -0.15) is 0 Å². The zero-order chi connectivity index (χ0) is 16.2. The first-order valence-electron chi connectivity index (χ1n) is 7.09. The van der Waals surface area contributed by atoms with Crippen LogP contribution in [0.2, 0.25) is 0 Å². The molecule has 2 aromatic carbocycles. The van der Waals surface area contributed by atoms with E-state index in [2.05, 4.69) is 17.0 Å². The van der Waals surface area contributed by atoms with E-state index < -0.39 is 14.3 Å². The van der Waals surface area contributed by atoms with Crippen molar-refractivity contribution in [2.24, 2.45) is 0 Å². The van der Waals surface area contributed by atoms with Crippen LogP contribution in [-0.2, 0) is 9.53 Å². The molecule has 0 unspecified atom stereocenters. The van der Waals surface area contributed by atoms with Gasteiger partial charge < -0.3 is 19.4 Å². The molecule has 0 bridgehead atoms. The molecule has 0 saturated heterocycles. The number of fused-ring (bicyclic) bond motifs is 2. The van der Waals surface area contributed by atoms with Gasteiger partial charge in [-0.1, -0.05) is 36.0 Å². The first kappa shape index (κ1) is 16.3. The normalized spacial score (nSPS) is 12.7. The average molecular weight is 349 g/mol. The summed E-state index contributed by atoms with van der Waals surface area (Å²) in [6.07, 6.45) is -0.159. The highest BCUT2D eigenvalue weighted by molar-refractivity contribution is 7.99. The molecule has 0 atom stereocenters. The topological polar surface area (TPSA) is 70.0 Å². The quantitative estimate of drug-likeness (QED) is 0.636. The Morgan fingerprint density at radius 3 is 2.17 bits per heavy atom. The van der Waals surface area contributed by atoms with Crippen molar-refractivity contribution in [3.05, 3.63) is 48.5 Å². The second-order valence-electron chi connectivity index (χ2n) is 4.96. The lowest BCUT2D eigenvalue weighted by Gasteiger charge is -2.32. The summed E-state index contributed by atoms with van der Waals surface area (Å²) in [4.78, 5) is 33.8. The predicted molar refractivity (Wildman–Crippen MR) is 90.9 cm³/mol. The Labute approximate surface area is 139 Å². The molecule has 120 valence electrons. The lowest BCUT2D eigenvalue weighted by atomic mass is 10.2. The van der Waals surface area contributed by atoms with E-state index in [4.69, 9.17) is 14.5 Å². The van der Waals surface area contributed by atoms with E-state index in [9.17, 15) is 4.79 Å².